The molecule has 0 aliphatic rings. The predicted molar refractivity (Wildman–Crippen MR) is 85.8 cm³/mol. The van der Waals surface area contributed by atoms with Gasteiger partial charge in [0.1, 0.15) is 11.6 Å². The quantitative estimate of drug-likeness (QED) is 0.583. The van der Waals surface area contributed by atoms with Gasteiger partial charge in [-0.3, -0.25) is 15.0 Å². The van der Waals surface area contributed by atoms with Gasteiger partial charge in [-0.15, -0.1) is 0 Å². The number of hydrogen-bond donors (Lipinski definition) is 3. The molecule has 0 spiro atoms. The number of rotatable bonds is 5. The summed E-state index contributed by atoms with van der Waals surface area (Å²) in [5.41, 5.74) is 5.84. The molecule has 0 bridgehead atoms. The highest BCUT2D eigenvalue weighted by atomic mass is 19.1. The lowest BCUT2D eigenvalue weighted by atomic mass is 10.2. The molecule has 2 aromatic carbocycles. The lowest BCUT2D eigenvalue weighted by molar-refractivity contribution is -0.112. The highest BCUT2D eigenvalue weighted by molar-refractivity contribution is 5.99. The van der Waals surface area contributed by atoms with Crippen molar-refractivity contribution >= 4 is 17.5 Å². The van der Waals surface area contributed by atoms with Crippen LogP contribution in [0.4, 0.5) is 14.5 Å². The van der Waals surface area contributed by atoms with Crippen molar-refractivity contribution in [3.63, 3.8) is 0 Å². The minimum atomic E-state index is -0.541. The molecule has 0 aliphatic carbocycles. The second-order valence-electron chi connectivity index (χ2n) is 4.91. The summed E-state index contributed by atoms with van der Waals surface area (Å²) in [7, 11) is 0. The van der Waals surface area contributed by atoms with E-state index in [0.717, 1.165) is 6.07 Å². The molecule has 7 heteroatoms. The largest absolute Gasteiger partial charge is 0.322 e. The van der Waals surface area contributed by atoms with Gasteiger partial charge in [0.25, 0.3) is 5.91 Å². The van der Waals surface area contributed by atoms with Crippen molar-refractivity contribution in [1.82, 2.24) is 10.9 Å². The first-order valence-corrected chi connectivity index (χ1v) is 7.01. The first kappa shape index (κ1) is 17.1. The summed E-state index contributed by atoms with van der Waals surface area (Å²) in [4.78, 5) is 23.6. The molecular weight excluding hydrogens is 316 g/mol. The summed E-state index contributed by atoms with van der Waals surface area (Å²) in [6, 6.07) is 10.5. The topological polar surface area (TPSA) is 70.2 Å². The lowest BCUT2D eigenvalue weighted by Gasteiger charge is -2.09. The Hall–Kier alpha value is -3.22. The highest BCUT2D eigenvalue weighted by Crippen LogP contribution is 2.08. The molecule has 5 nitrogen and oxygen atoms in total. The van der Waals surface area contributed by atoms with Crippen molar-refractivity contribution in [3.8, 4) is 0 Å². The van der Waals surface area contributed by atoms with E-state index in [1.165, 1.54) is 48.5 Å². The third-order valence-corrected chi connectivity index (χ3v) is 2.92. The number of nitrogens with one attached hydrogen (secondary N) is 3. The molecule has 0 unspecified atom stereocenters. The van der Waals surface area contributed by atoms with Crippen LogP contribution in [0.1, 0.15) is 17.3 Å². The molecule has 2 amide bonds. The van der Waals surface area contributed by atoms with Crippen molar-refractivity contribution in [2.45, 2.75) is 6.92 Å². The number of anilines is 1. The Morgan fingerprint density at radius 1 is 0.958 bits per heavy atom. The Morgan fingerprint density at radius 3 is 2.33 bits per heavy atom. The predicted octanol–water partition coefficient (Wildman–Crippen LogP) is 2.74. The van der Waals surface area contributed by atoms with Crippen LogP contribution in [0.5, 0.6) is 0 Å². The number of hydrogen-bond acceptors (Lipinski definition) is 3. The molecule has 0 aromatic heterocycles. The summed E-state index contributed by atoms with van der Waals surface area (Å²) in [6.07, 6.45) is 1.22. The standard InChI is InChI=1S/C17H15F2N3O2/c1-11(9-16(23)20-15-7-5-13(18)6-8-15)21-22-17(24)12-3-2-4-14(19)10-12/h2-10,21H,1H3,(H,20,23)(H,22,24). The summed E-state index contributed by atoms with van der Waals surface area (Å²) >= 11 is 0. The van der Waals surface area contributed by atoms with E-state index in [2.05, 4.69) is 16.2 Å². The van der Waals surface area contributed by atoms with E-state index in [0.29, 0.717) is 11.4 Å². The number of hydrazine groups is 1. The maximum Gasteiger partial charge on any atom is 0.269 e. The number of allylic oxidation sites excluding steroid dienone is 1. The van der Waals surface area contributed by atoms with Gasteiger partial charge in [0.2, 0.25) is 5.91 Å². The molecular formula is C17H15F2N3O2. The molecule has 0 aliphatic heterocycles. The van der Waals surface area contributed by atoms with Crippen LogP contribution >= 0.6 is 0 Å². The van der Waals surface area contributed by atoms with Crippen molar-refractivity contribution in [1.29, 1.82) is 0 Å². The van der Waals surface area contributed by atoms with Gasteiger partial charge >= 0.3 is 0 Å². The van der Waals surface area contributed by atoms with E-state index in [1.807, 2.05) is 0 Å². The Bertz CT molecular complexity index is 774. The SMILES string of the molecule is CC(=CC(=O)Nc1ccc(F)cc1)NNC(=O)c1cccc(F)c1. The van der Waals surface area contributed by atoms with Crippen LogP contribution in [0.2, 0.25) is 0 Å². The van der Waals surface area contributed by atoms with Gasteiger partial charge in [-0.05, 0) is 49.4 Å². The Labute approximate surface area is 137 Å². The monoisotopic (exact) mass is 331 g/mol. The zero-order valence-corrected chi connectivity index (χ0v) is 12.8. The maximum atomic E-state index is 13.0. The van der Waals surface area contributed by atoms with Crippen molar-refractivity contribution in [2.75, 3.05) is 5.32 Å². The lowest BCUT2D eigenvalue weighted by Crippen LogP contribution is -2.36. The fraction of sp³-hybridized carbons (Fsp3) is 0.0588. The van der Waals surface area contributed by atoms with Crippen molar-refractivity contribution in [3.05, 3.63) is 77.5 Å². The minimum Gasteiger partial charge on any atom is -0.322 e. The first-order chi connectivity index (χ1) is 11.4. The van der Waals surface area contributed by atoms with Gasteiger partial charge in [0, 0.05) is 23.0 Å². The summed E-state index contributed by atoms with van der Waals surface area (Å²) < 4.78 is 25.8. The average Bonchev–Trinajstić information content (AvgIpc) is 2.54. The molecule has 2 rings (SSSR count). The second-order valence-corrected chi connectivity index (χ2v) is 4.91. The van der Waals surface area contributed by atoms with Crippen LogP contribution in [0.15, 0.2) is 60.3 Å². The van der Waals surface area contributed by atoms with E-state index in [-0.39, 0.29) is 5.56 Å². The van der Waals surface area contributed by atoms with Crippen LogP contribution < -0.4 is 16.2 Å². The van der Waals surface area contributed by atoms with E-state index in [9.17, 15) is 18.4 Å². The van der Waals surface area contributed by atoms with Gasteiger partial charge in [-0.2, -0.15) is 0 Å². The molecule has 0 saturated heterocycles. The molecule has 0 fully saturated rings. The van der Waals surface area contributed by atoms with Gasteiger partial charge in [-0.25, -0.2) is 8.78 Å². The van der Waals surface area contributed by atoms with Gasteiger partial charge in [0.05, 0.1) is 0 Å². The zero-order chi connectivity index (χ0) is 17.5. The Balaban J connectivity index is 1.87. The van der Waals surface area contributed by atoms with Gasteiger partial charge < -0.3 is 10.7 Å². The van der Waals surface area contributed by atoms with E-state index in [4.69, 9.17) is 0 Å². The highest BCUT2D eigenvalue weighted by Gasteiger charge is 2.06. The molecule has 3 N–H and O–H groups in total. The van der Waals surface area contributed by atoms with Crippen LogP contribution in [0, 0.1) is 11.6 Å². The van der Waals surface area contributed by atoms with Gasteiger partial charge in [-0.1, -0.05) is 6.07 Å². The Kier molecular flexibility index (Phi) is 5.62. The second kappa shape index (κ2) is 7.87. The molecule has 124 valence electrons. The van der Waals surface area contributed by atoms with Crippen LogP contribution in [0.3, 0.4) is 0 Å². The van der Waals surface area contributed by atoms with Crippen molar-refractivity contribution in [2.24, 2.45) is 0 Å². The van der Waals surface area contributed by atoms with E-state index < -0.39 is 23.4 Å². The summed E-state index contributed by atoms with van der Waals surface area (Å²) in [5.74, 6) is -1.91. The first-order valence-electron chi connectivity index (χ1n) is 7.01. The summed E-state index contributed by atoms with van der Waals surface area (Å²) in [6.45, 7) is 1.57. The minimum absolute atomic E-state index is 0.145. The van der Waals surface area contributed by atoms with Crippen LogP contribution in [-0.4, -0.2) is 11.8 Å². The van der Waals surface area contributed by atoms with Gasteiger partial charge in [0.15, 0.2) is 0 Å². The summed E-state index contributed by atoms with van der Waals surface area (Å²) in [5, 5.41) is 2.54. The van der Waals surface area contributed by atoms with Crippen LogP contribution in [-0.2, 0) is 4.79 Å². The molecule has 2 aromatic rings. The number of carbonyl (C=O) groups is 2. The maximum absolute atomic E-state index is 13.0. The number of halogens is 2. The molecule has 0 heterocycles. The molecule has 0 radical (unpaired) electrons. The third kappa shape index (κ3) is 5.20. The normalized spacial score (nSPS) is 10.9. The molecule has 0 saturated carbocycles. The number of carbonyl (C=O) groups excluding carboxylic acids is 2. The van der Waals surface area contributed by atoms with E-state index in [1.54, 1.807) is 6.92 Å². The Morgan fingerprint density at radius 2 is 1.67 bits per heavy atom. The van der Waals surface area contributed by atoms with Crippen molar-refractivity contribution < 1.29 is 18.4 Å². The van der Waals surface area contributed by atoms with E-state index >= 15 is 0 Å². The third-order valence-electron chi connectivity index (χ3n) is 2.92. The van der Waals surface area contributed by atoms with Crippen LogP contribution in [0.25, 0.3) is 0 Å². The fourth-order valence-electron chi connectivity index (χ4n) is 1.80. The zero-order valence-electron chi connectivity index (χ0n) is 12.8. The smallest absolute Gasteiger partial charge is 0.269 e. The average molecular weight is 331 g/mol. The molecule has 0 atom stereocenters. The number of amides is 2. The fourth-order valence-corrected chi connectivity index (χ4v) is 1.80. The molecule has 24 heavy (non-hydrogen) atoms. The number of benzene rings is 2.